The van der Waals surface area contributed by atoms with Crippen molar-refractivity contribution >= 4 is 25.7 Å². The van der Waals surface area contributed by atoms with Gasteiger partial charge in [0.05, 0.1) is 16.4 Å². The molecule has 2 rings (SSSR count). The Balaban J connectivity index is 3.02. The number of sulfonamides is 2. The molecule has 1 aliphatic rings. The van der Waals surface area contributed by atoms with Crippen LogP contribution >= 0.6 is 0 Å². The molecule has 1 heterocycles. The van der Waals surface area contributed by atoms with Crippen LogP contribution in [-0.2, 0) is 20.0 Å². The second kappa shape index (κ2) is 2.79. The lowest BCUT2D eigenvalue weighted by Gasteiger charge is -2.06. The van der Waals surface area contributed by atoms with Crippen molar-refractivity contribution in [2.24, 2.45) is 0 Å². The second-order valence-electron chi connectivity index (χ2n) is 2.74. The Bertz CT molecular complexity index is 682. The number of hydrogen-bond donors (Lipinski definition) is 0. The van der Waals surface area contributed by atoms with Gasteiger partial charge in [-0.15, -0.1) is 0 Å². The second-order valence-corrected chi connectivity index (χ2v) is 6.09. The Kier molecular flexibility index (Phi) is 1.88. The van der Waals surface area contributed by atoms with Crippen LogP contribution in [0.3, 0.4) is 0 Å². The van der Waals surface area contributed by atoms with Crippen LogP contribution < -0.4 is 0 Å². The average Bonchev–Trinajstić information content (AvgIpc) is 2.33. The fraction of sp³-hybridized carbons (Fsp3) is 0. The fourth-order valence-electron chi connectivity index (χ4n) is 1.26. The third-order valence-electron chi connectivity index (χ3n) is 1.81. The number of rotatable bonds is 0. The Labute approximate surface area is 86.5 Å². The summed E-state index contributed by atoms with van der Waals surface area (Å²) in [7, 11) is -8.38. The molecular formula is C7H3N2O4S2-. The molecule has 0 fully saturated rings. The van der Waals surface area contributed by atoms with E-state index in [0.717, 1.165) is 6.07 Å². The third-order valence-corrected chi connectivity index (χ3v) is 5.35. The summed E-state index contributed by atoms with van der Waals surface area (Å²) in [6.45, 7) is 6.74. The molecule has 1 aromatic rings. The molecule has 0 saturated heterocycles. The first-order valence-corrected chi connectivity index (χ1v) is 6.51. The van der Waals surface area contributed by atoms with E-state index in [0.29, 0.717) is 0 Å². The van der Waals surface area contributed by atoms with E-state index >= 15 is 0 Å². The van der Waals surface area contributed by atoms with Crippen LogP contribution in [0.5, 0.6) is 0 Å². The third kappa shape index (κ3) is 1.32. The summed E-state index contributed by atoms with van der Waals surface area (Å²) < 4.78 is 48.0. The van der Waals surface area contributed by atoms with Crippen LogP contribution in [0.25, 0.3) is 8.97 Å². The van der Waals surface area contributed by atoms with Crippen molar-refractivity contribution in [2.75, 3.05) is 0 Å². The topological polar surface area (TPSA) is 86.7 Å². The van der Waals surface area contributed by atoms with Gasteiger partial charge in [0.1, 0.15) is 20.0 Å². The van der Waals surface area contributed by atoms with E-state index in [9.17, 15) is 16.8 Å². The molecule has 8 heteroatoms. The average molecular weight is 243 g/mol. The van der Waals surface area contributed by atoms with Crippen molar-refractivity contribution in [1.82, 2.24) is 0 Å². The molecule has 0 saturated carbocycles. The summed E-state index contributed by atoms with van der Waals surface area (Å²) in [6, 6.07) is 3.66. The van der Waals surface area contributed by atoms with E-state index in [1.807, 2.05) is 0 Å². The highest BCUT2D eigenvalue weighted by atomic mass is 32.3. The van der Waals surface area contributed by atoms with E-state index in [-0.39, 0.29) is 5.69 Å². The van der Waals surface area contributed by atoms with E-state index in [1.54, 1.807) is 0 Å². The van der Waals surface area contributed by atoms with E-state index in [4.69, 9.17) is 6.57 Å². The first-order chi connectivity index (χ1) is 6.88. The normalized spacial score (nSPS) is 20.5. The van der Waals surface area contributed by atoms with Gasteiger partial charge < -0.3 is 4.13 Å². The lowest BCUT2D eigenvalue weighted by atomic mass is 10.3. The van der Waals surface area contributed by atoms with Gasteiger partial charge >= 0.3 is 0 Å². The zero-order valence-corrected chi connectivity index (χ0v) is 8.71. The van der Waals surface area contributed by atoms with Gasteiger partial charge in [-0.25, -0.2) is 21.7 Å². The number of fused-ring (bicyclic) bond motifs is 1. The highest BCUT2D eigenvalue weighted by Crippen LogP contribution is 2.43. The van der Waals surface area contributed by atoms with Crippen molar-refractivity contribution < 1.29 is 16.8 Å². The Morgan fingerprint density at radius 1 is 1.13 bits per heavy atom. The monoisotopic (exact) mass is 243 g/mol. The standard InChI is InChI=1S/C7H3N2O4S2/c1-8-5-3-2-4-6-7(5)15(12,13)9-14(6,10)11/h2-4H/q-1. The van der Waals surface area contributed by atoms with Crippen LogP contribution in [0.4, 0.5) is 5.69 Å². The number of nitrogens with zero attached hydrogens (tertiary/aromatic N) is 2. The molecule has 0 spiro atoms. The van der Waals surface area contributed by atoms with E-state index < -0.39 is 29.8 Å². The summed E-state index contributed by atoms with van der Waals surface area (Å²) in [6.07, 6.45) is 0. The van der Waals surface area contributed by atoms with Crippen molar-refractivity contribution in [3.05, 3.63) is 33.7 Å². The molecule has 1 aromatic carbocycles. The minimum absolute atomic E-state index is 0.225. The van der Waals surface area contributed by atoms with Gasteiger partial charge in [0, 0.05) is 0 Å². The molecule has 0 atom stereocenters. The van der Waals surface area contributed by atoms with Gasteiger partial charge in [0.15, 0.2) is 0 Å². The highest BCUT2D eigenvalue weighted by Gasteiger charge is 2.29. The molecule has 0 unspecified atom stereocenters. The van der Waals surface area contributed by atoms with Crippen molar-refractivity contribution in [1.29, 1.82) is 0 Å². The van der Waals surface area contributed by atoms with Crippen molar-refractivity contribution in [3.63, 3.8) is 0 Å². The minimum atomic E-state index is -4.23. The lowest BCUT2D eigenvalue weighted by molar-refractivity contribution is 0.603. The van der Waals surface area contributed by atoms with Gasteiger partial charge in [-0.1, -0.05) is 12.1 Å². The molecule has 0 aromatic heterocycles. The van der Waals surface area contributed by atoms with Crippen LogP contribution in [-0.4, -0.2) is 16.8 Å². The van der Waals surface area contributed by atoms with Gasteiger partial charge in [0.2, 0.25) is 5.69 Å². The van der Waals surface area contributed by atoms with Gasteiger partial charge in [-0.3, -0.25) is 0 Å². The maximum Gasteiger partial charge on any atom is 0.205 e. The zero-order valence-electron chi connectivity index (χ0n) is 7.08. The van der Waals surface area contributed by atoms with Crippen LogP contribution in [0.15, 0.2) is 28.0 Å². The minimum Gasteiger partial charge on any atom is -0.429 e. The van der Waals surface area contributed by atoms with Crippen molar-refractivity contribution in [3.8, 4) is 0 Å². The lowest BCUT2D eigenvalue weighted by Crippen LogP contribution is -1.92. The van der Waals surface area contributed by atoms with Crippen LogP contribution in [0.1, 0.15) is 0 Å². The summed E-state index contributed by atoms with van der Waals surface area (Å²) in [5.74, 6) is 0. The molecule has 78 valence electrons. The van der Waals surface area contributed by atoms with Gasteiger partial charge in [-0.2, -0.15) is 0 Å². The molecular weight excluding hydrogens is 240 g/mol. The molecule has 15 heavy (non-hydrogen) atoms. The molecule has 0 N–H and O–H groups in total. The maximum absolute atomic E-state index is 11.4. The first kappa shape index (κ1) is 10.1. The molecule has 0 amide bonds. The summed E-state index contributed by atoms with van der Waals surface area (Å²) in [4.78, 5) is 2.02. The van der Waals surface area contributed by atoms with Crippen LogP contribution in [0, 0.1) is 6.57 Å². The Morgan fingerprint density at radius 2 is 1.80 bits per heavy atom. The van der Waals surface area contributed by atoms with E-state index in [1.165, 1.54) is 12.1 Å². The quantitative estimate of drug-likeness (QED) is 0.636. The largest absolute Gasteiger partial charge is 0.429 e. The smallest absolute Gasteiger partial charge is 0.205 e. The number of benzene rings is 1. The molecule has 0 bridgehead atoms. The molecule has 0 aliphatic carbocycles. The fourth-order valence-corrected chi connectivity index (χ4v) is 4.84. The van der Waals surface area contributed by atoms with Gasteiger partial charge in [-0.05, 0) is 6.07 Å². The number of hydrogen-bond acceptors (Lipinski definition) is 4. The Morgan fingerprint density at radius 3 is 2.40 bits per heavy atom. The molecule has 1 aliphatic heterocycles. The SMILES string of the molecule is [C-]#[N+]c1cccc2c1S(=O)(=O)[N-]S2(=O)=O. The van der Waals surface area contributed by atoms with Crippen molar-refractivity contribution in [2.45, 2.75) is 9.79 Å². The van der Waals surface area contributed by atoms with Gasteiger partial charge in [0.25, 0.3) is 0 Å². The first-order valence-electron chi connectivity index (χ1n) is 3.63. The maximum atomic E-state index is 11.4. The predicted molar refractivity (Wildman–Crippen MR) is 50.4 cm³/mol. The summed E-state index contributed by atoms with van der Waals surface area (Å²) >= 11 is 0. The zero-order chi connectivity index (χ0) is 11.3. The molecule has 0 radical (unpaired) electrons. The summed E-state index contributed by atoms with van der Waals surface area (Å²) in [5.41, 5.74) is -0.225. The summed E-state index contributed by atoms with van der Waals surface area (Å²) in [5, 5.41) is 0. The predicted octanol–water partition coefficient (Wildman–Crippen LogP) is 1.00. The van der Waals surface area contributed by atoms with E-state index in [2.05, 4.69) is 8.97 Å². The molecule has 6 nitrogen and oxygen atoms in total. The van der Waals surface area contributed by atoms with Crippen LogP contribution in [0.2, 0.25) is 0 Å². The Hall–Kier alpha value is -1.43. The highest BCUT2D eigenvalue weighted by molar-refractivity contribution is 8.14.